The van der Waals surface area contributed by atoms with Crippen LogP contribution in [0, 0.1) is 31.1 Å². The Morgan fingerprint density at radius 1 is 1.07 bits per heavy atom. The monoisotopic (exact) mass is 416 g/mol. The number of hydrogen-bond acceptors (Lipinski definition) is 5. The van der Waals surface area contributed by atoms with Crippen molar-refractivity contribution in [3.8, 4) is 0 Å². The fourth-order valence-electron chi connectivity index (χ4n) is 5.34. The highest BCUT2D eigenvalue weighted by molar-refractivity contribution is 5.89. The van der Waals surface area contributed by atoms with E-state index in [-0.39, 0.29) is 36.0 Å². The summed E-state index contributed by atoms with van der Waals surface area (Å²) in [6.45, 7) is 10.9. The predicted molar refractivity (Wildman–Crippen MR) is 109 cm³/mol. The van der Waals surface area contributed by atoms with Crippen LogP contribution in [-0.4, -0.2) is 76.8 Å². The van der Waals surface area contributed by atoms with Crippen LogP contribution in [0.2, 0.25) is 0 Å². The summed E-state index contributed by atoms with van der Waals surface area (Å²) in [5.41, 5.74) is 0.883. The van der Waals surface area contributed by atoms with Crippen LogP contribution in [0.1, 0.15) is 43.7 Å². The lowest BCUT2D eigenvalue weighted by molar-refractivity contribution is -0.142. The van der Waals surface area contributed by atoms with Crippen molar-refractivity contribution in [2.45, 2.75) is 47.0 Å². The van der Waals surface area contributed by atoms with Gasteiger partial charge in [-0.2, -0.15) is 0 Å². The number of fused-ring (bicyclic) bond motifs is 1. The van der Waals surface area contributed by atoms with Crippen LogP contribution < -0.4 is 0 Å². The van der Waals surface area contributed by atoms with Crippen molar-refractivity contribution in [1.29, 1.82) is 0 Å². The van der Waals surface area contributed by atoms with Gasteiger partial charge in [0.2, 0.25) is 17.7 Å². The molecule has 0 aromatic carbocycles. The Hall–Kier alpha value is -2.38. The molecule has 8 nitrogen and oxygen atoms in total. The van der Waals surface area contributed by atoms with E-state index in [0.717, 1.165) is 37.2 Å². The molecule has 164 valence electrons. The minimum absolute atomic E-state index is 0.00543. The molecule has 0 unspecified atom stereocenters. The first kappa shape index (κ1) is 20.9. The van der Waals surface area contributed by atoms with Gasteiger partial charge < -0.3 is 19.2 Å². The predicted octanol–water partition coefficient (Wildman–Crippen LogP) is 1.40. The highest BCUT2D eigenvalue weighted by atomic mass is 16.5. The molecule has 3 saturated heterocycles. The summed E-state index contributed by atoms with van der Waals surface area (Å²) in [5, 5.41) is 3.94. The van der Waals surface area contributed by atoms with E-state index in [1.54, 1.807) is 0 Å². The zero-order valence-corrected chi connectivity index (χ0v) is 18.4. The molecule has 4 rings (SSSR count). The summed E-state index contributed by atoms with van der Waals surface area (Å²) in [6, 6.07) is 0. The third-order valence-electron chi connectivity index (χ3n) is 7.10. The van der Waals surface area contributed by atoms with Crippen LogP contribution in [0.25, 0.3) is 0 Å². The fraction of sp³-hybridized carbons (Fsp3) is 0.727. The topological polar surface area (TPSA) is 87.0 Å². The van der Waals surface area contributed by atoms with Crippen molar-refractivity contribution < 1.29 is 18.9 Å². The second-order valence-corrected chi connectivity index (χ2v) is 9.48. The van der Waals surface area contributed by atoms with Gasteiger partial charge in [-0.15, -0.1) is 0 Å². The van der Waals surface area contributed by atoms with Crippen molar-refractivity contribution in [3.63, 3.8) is 0 Å². The van der Waals surface area contributed by atoms with Gasteiger partial charge in [0.25, 0.3) is 0 Å². The Balaban J connectivity index is 1.55. The summed E-state index contributed by atoms with van der Waals surface area (Å²) >= 11 is 0. The van der Waals surface area contributed by atoms with E-state index in [1.807, 2.05) is 42.4 Å². The molecule has 0 N–H and O–H groups in total. The summed E-state index contributed by atoms with van der Waals surface area (Å²) in [4.78, 5) is 45.0. The van der Waals surface area contributed by atoms with Crippen molar-refractivity contribution in [1.82, 2.24) is 19.9 Å². The number of amides is 3. The van der Waals surface area contributed by atoms with Gasteiger partial charge in [0.05, 0.1) is 17.5 Å². The van der Waals surface area contributed by atoms with Gasteiger partial charge in [-0.3, -0.25) is 14.4 Å². The summed E-state index contributed by atoms with van der Waals surface area (Å²) in [7, 11) is 0. The fourth-order valence-corrected chi connectivity index (χ4v) is 5.34. The lowest BCUT2D eigenvalue weighted by Crippen LogP contribution is -2.49. The number of carbonyl (C=O) groups is 3. The van der Waals surface area contributed by atoms with Gasteiger partial charge >= 0.3 is 0 Å². The standard InChI is InChI=1S/C22H32N4O4/c1-14(2)20(28)26-11-17-10-25(19(27)9-18-15(3)23-30-16(18)4)12-22(17,13-26)21(29)24-7-5-6-8-24/h14,17H,5-13H2,1-4H3/t17-,22-/m1/s1. The number of aryl methyl sites for hydroxylation is 2. The molecule has 3 amide bonds. The number of carbonyl (C=O) groups excluding carboxylic acids is 3. The first-order valence-corrected chi connectivity index (χ1v) is 11.0. The molecule has 0 bridgehead atoms. The van der Waals surface area contributed by atoms with Crippen LogP contribution in [0.3, 0.4) is 0 Å². The van der Waals surface area contributed by atoms with Crippen LogP contribution in [-0.2, 0) is 20.8 Å². The van der Waals surface area contributed by atoms with Crippen LogP contribution in [0.5, 0.6) is 0 Å². The SMILES string of the molecule is Cc1noc(C)c1CC(=O)N1C[C@@H]2CN(C(=O)C(C)C)C[C@]2(C(=O)N2CCCC2)C1. The van der Waals surface area contributed by atoms with Gasteiger partial charge in [0.1, 0.15) is 5.76 Å². The number of hydrogen-bond donors (Lipinski definition) is 0. The Morgan fingerprint density at radius 3 is 2.30 bits per heavy atom. The van der Waals surface area contributed by atoms with E-state index in [4.69, 9.17) is 4.52 Å². The lowest BCUT2D eigenvalue weighted by Gasteiger charge is -2.32. The zero-order chi connectivity index (χ0) is 21.6. The van der Waals surface area contributed by atoms with Crippen molar-refractivity contribution >= 4 is 17.7 Å². The first-order chi connectivity index (χ1) is 14.2. The van der Waals surface area contributed by atoms with Crippen molar-refractivity contribution in [3.05, 3.63) is 17.0 Å². The number of likely N-dealkylation sites (tertiary alicyclic amines) is 3. The van der Waals surface area contributed by atoms with Crippen molar-refractivity contribution in [2.24, 2.45) is 17.3 Å². The molecular formula is C22H32N4O4. The molecule has 3 fully saturated rings. The molecule has 0 saturated carbocycles. The molecule has 0 aliphatic carbocycles. The number of nitrogens with zero attached hydrogens (tertiary/aromatic N) is 4. The second kappa shape index (κ2) is 7.71. The molecule has 1 aromatic heterocycles. The van der Waals surface area contributed by atoms with E-state index in [1.165, 1.54) is 0 Å². The Bertz CT molecular complexity index is 838. The highest BCUT2D eigenvalue weighted by Gasteiger charge is 2.60. The largest absolute Gasteiger partial charge is 0.361 e. The van der Waals surface area contributed by atoms with Crippen LogP contribution >= 0.6 is 0 Å². The van der Waals surface area contributed by atoms with E-state index >= 15 is 0 Å². The smallest absolute Gasteiger partial charge is 0.232 e. The third kappa shape index (κ3) is 3.40. The van der Waals surface area contributed by atoms with Gasteiger partial charge in [-0.25, -0.2) is 0 Å². The Morgan fingerprint density at radius 2 is 1.70 bits per heavy atom. The molecular weight excluding hydrogens is 384 g/mol. The van der Waals surface area contributed by atoms with Crippen LogP contribution in [0.15, 0.2) is 4.52 Å². The van der Waals surface area contributed by atoms with Gasteiger partial charge in [-0.05, 0) is 26.7 Å². The lowest BCUT2D eigenvalue weighted by atomic mass is 9.79. The molecule has 0 radical (unpaired) electrons. The summed E-state index contributed by atoms with van der Waals surface area (Å²) in [5.74, 6) is 0.760. The Kier molecular flexibility index (Phi) is 5.36. The van der Waals surface area contributed by atoms with E-state index < -0.39 is 5.41 Å². The number of aromatic nitrogens is 1. The van der Waals surface area contributed by atoms with Gasteiger partial charge in [0.15, 0.2) is 0 Å². The molecule has 0 spiro atoms. The second-order valence-electron chi connectivity index (χ2n) is 9.48. The molecule has 30 heavy (non-hydrogen) atoms. The van der Waals surface area contributed by atoms with Crippen LogP contribution in [0.4, 0.5) is 0 Å². The molecule has 1 aromatic rings. The van der Waals surface area contributed by atoms with E-state index in [0.29, 0.717) is 31.9 Å². The van der Waals surface area contributed by atoms with Crippen molar-refractivity contribution in [2.75, 3.05) is 39.3 Å². The van der Waals surface area contributed by atoms with E-state index in [9.17, 15) is 14.4 Å². The van der Waals surface area contributed by atoms with Gasteiger partial charge in [0, 0.05) is 56.7 Å². The highest BCUT2D eigenvalue weighted by Crippen LogP contribution is 2.45. The first-order valence-electron chi connectivity index (χ1n) is 11.0. The zero-order valence-electron chi connectivity index (χ0n) is 18.4. The average Bonchev–Trinajstić information content (AvgIpc) is 3.46. The Labute approximate surface area is 177 Å². The molecule has 2 atom stereocenters. The molecule has 3 aliphatic heterocycles. The third-order valence-corrected chi connectivity index (χ3v) is 7.10. The maximum atomic E-state index is 13.6. The average molecular weight is 417 g/mol. The van der Waals surface area contributed by atoms with E-state index in [2.05, 4.69) is 5.16 Å². The molecule has 4 heterocycles. The maximum Gasteiger partial charge on any atom is 0.232 e. The van der Waals surface area contributed by atoms with Gasteiger partial charge in [-0.1, -0.05) is 19.0 Å². The summed E-state index contributed by atoms with van der Waals surface area (Å²) in [6.07, 6.45) is 2.28. The normalized spacial score (nSPS) is 26.0. The number of rotatable bonds is 4. The minimum Gasteiger partial charge on any atom is -0.361 e. The quantitative estimate of drug-likeness (QED) is 0.741. The molecule has 3 aliphatic rings. The summed E-state index contributed by atoms with van der Waals surface area (Å²) < 4.78 is 5.20. The maximum absolute atomic E-state index is 13.6. The minimum atomic E-state index is -0.677. The molecule has 8 heteroatoms.